The van der Waals surface area contributed by atoms with E-state index >= 15 is 0 Å². The molecule has 0 aromatic carbocycles. The first-order valence-corrected chi connectivity index (χ1v) is 22.6. The number of phosphoric ester groups is 1. The van der Waals surface area contributed by atoms with Crippen LogP contribution >= 0.6 is 7.82 Å². The van der Waals surface area contributed by atoms with Crippen molar-refractivity contribution in [2.45, 2.75) is 187 Å². The Bertz CT molecular complexity index is 907. The molecular weight excluding hydrogens is 677 g/mol. The lowest BCUT2D eigenvalue weighted by molar-refractivity contribution is -0.870. The minimum Gasteiger partial charge on any atom is -0.756 e. The van der Waals surface area contributed by atoms with Crippen molar-refractivity contribution < 1.29 is 42.4 Å². The van der Waals surface area contributed by atoms with Crippen molar-refractivity contribution in [1.29, 1.82) is 0 Å². The van der Waals surface area contributed by atoms with Gasteiger partial charge in [0.1, 0.15) is 25.9 Å². The van der Waals surface area contributed by atoms with Crippen molar-refractivity contribution in [3.8, 4) is 0 Å². The van der Waals surface area contributed by atoms with E-state index in [0.717, 1.165) is 77.0 Å². The van der Waals surface area contributed by atoms with Crippen molar-refractivity contribution in [2.75, 3.05) is 54.1 Å². The average molecular weight is 760 g/mol. The smallest absolute Gasteiger partial charge is 0.305 e. The number of aliphatic hydroxyl groups excluding tert-OH is 1. The molecule has 0 aliphatic rings. The molecule has 3 atom stereocenters. The maximum Gasteiger partial charge on any atom is 0.305 e. The molecule has 308 valence electrons. The van der Waals surface area contributed by atoms with E-state index in [4.69, 9.17) is 18.5 Å². The molecule has 1 N–H and O–H groups in total. The van der Waals surface area contributed by atoms with Crippen molar-refractivity contribution in [1.82, 2.24) is 0 Å². The number of hydrogen-bond acceptors (Lipinski definition) is 8. The molecule has 0 aliphatic carbocycles. The topological polar surface area (TPSA) is 114 Å². The van der Waals surface area contributed by atoms with E-state index in [1.165, 1.54) is 77.0 Å². The minimum atomic E-state index is -4.50. The molecule has 0 radical (unpaired) electrons. The van der Waals surface area contributed by atoms with Crippen LogP contribution in [-0.4, -0.2) is 81.9 Å². The summed E-state index contributed by atoms with van der Waals surface area (Å²) in [5, 5.41) is 9.93. The lowest BCUT2D eigenvalue weighted by Gasteiger charge is -2.28. The quantitative estimate of drug-likeness (QED) is 0.0217. The molecule has 0 amide bonds. The monoisotopic (exact) mass is 760 g/mol. The standard InChI is InChI=1S/C42H82NO8P/c1-6-8-10-11-12-13-14-15-16-20-23-26-30-34-42(45)49-38-41(39-51-52(46,47)50-37-35-43(3,4)5)48-36-31-27-24-21-18-17-19-22-25-29-33-40(44)32-28-9-7-2/h22,25,29,33,40-41,44H,6-21,23-24,26-28,30-32,34-39H2,1-5H3/b25-22-,33-29+/t40?,41-/m1/s1. The van der Waals surface area contributed by atoms with Crippen LogP contribution in [0.4, 0.5) is 0 Å². The van der Waals surface area contributed by atoms with Crippen molar-refractivity contribution in [3.63, 3.8) is 0 Å². The van der Waals surface area contributed by atoms with Gasteiger partial charge in [-0.05, 0) is 32.1 Å². The number of phosphoric acid groups is 1. The van der Waals surface area contributed by atoms with Crippen molar-refractivity contribution >= 4 is 13.8 Å². The Labute approximate surface area is 320 Å². The van der Waals surface area contributed by atoms with Crippen LogP contribution in [0.25, 0.3) is 0 Å². The van der Waals surface area contributed by atoms with Gasteiger partial charge in [0.15, 0.2) is 0 Å². The van der Waals surface area contributed by atoms with E-state index in [0.29, 0.717) is 24.1 Å². The van der Waals surface area contributed by atoms with Gasteiger partial charge >= 0.3 is 5.97 Å². The highest BCUT2D eigenvalue weighted by Crippen LogP contribution is 2.38. The van der Waals surface area contributed by atoms with E-state index in [2.05, 4.69) is 19.9 Å². The third-order valence-corrected chi connectivity index (χ3v) is 10.1. The van der Waals surface area contributed by atoms with Gasteiger partial charge in [0.05, 0.1) is 33.9 Å². The van der Waals surface area contributed by atoms with Gasteiger partial charge in [-0.2, -0.15) is 0 Å². The molecule has 0 spiro atoms. The normalized spacial score (nSPS) is 14.7. The van der Waals surface area contributed by atoms with Crippen molar-refractivity contribution in [3.05, 3.63) is 24.3 Å². The van der Waals surface area contributed by atoms with Crippen LogP contribution in [0.1, 0.15) is 174 Å². The second-order valence-electron chi connectivity index (χ2n) is 15.5. The summed E-state index contributed by atoms with van der Waals surface area (Å²) in [6.07, 6.45) is 35.2. The summed E-state index contributed by atoms with van der Waals surface area (Å²) in [4.78, 5) is 24.8. The third kappa shape index (κ3) is 38.7. The Morgan fingerprint density at radius 3 is 1.83 bits per heavy atom. The number of quaternary nitrogens is 1. The van der Waals surface area contributed by atoms with Gasteiger partial charge in [-0.1, -0.05) is 160 Å². The van der Waals surface area contributed by atoms with E-state index in [1.54, 1.807) is 0 Å². The molecule has 0 rings (SSSR count). The number of nitrogens with zero attached hydrogens (tertiary/aromatic N) is 1. The van der Waals surface area contributed by atoms with Crippen LogP contribution in [0, 0.1) is 0 Å². The Kier molecular flexibility index (Phi) is 34.9. The molecule has 0 aromatic rings. The lowest BCUT2D eigenvalue weighted by Crippen LogP contribution is -2.37. The fourth-order valence-corrected chi connectivity index (χ4v) is 6.44. The van der Waals surface area contributed by atoms with Gasteiger partial charge in [-0.3, -0.25) is 9.36 Å². The van der Waals surface area contributed by atoms with E-state index in [-0.39, 0.29) is 31.9 Å². The van der Waals surface area contributed by atoms with Crippen LogP contribution in [0.15, 0.2) is 24.3 Å². The summed E-state index contributed by atoms with van der Waals surface area (Å²) in [6.45, 7) is 5.11. The van der Waals surface area contributed by atoms with Crippen LogP contribution < -0.4 is 4.89 Å². The highest BCUT2D eigenvalue weighted by molar-refractivity contribution is 7.45. The number of unbranched alkanes of at least 4 members (excludes halogenated alkanes) is 20. The van der Waals surface area contributed by atoms with E-state index in [9.17, 15) is 19.4 Å². The first kappa shape index (κ1) is 50.9. The number of hydrogen-bond donors (Lipinski definition) is 1. The molecule has 0 aliphatic heterocycles. The lowest BCUT2D eigenvalue weighted by atomic mass is 10.0. The SMILES string of the molecule is CCCCCCCCCCCCCCCC(=O)OC[C@H](COP(=O)([O-])OCC[N+](C)(C)C)OCCCCCCCC/C=C\C=C\C(O)CCCCC. The summed E-state index contributed by atoms with van der Waals surface area (Å²) in [6, 6.07) is 0. The number of rotatable bonds is 39. The van der Waals surface area contributed by atoms with Crippen LogP contribution in [0.3, 0.4) is 0 Å². The molecular formula is C42H82NO8P. The maximum absolute atomic E-state index is 12.5. The predicted octanol–water partition coefficient (Wildman–Crippen LogP) is 10.4. The molecule has 0 bridgehead atoms. The van der Waals surface area contributed by atoms with Gasteiger partial charge < -0.3 is 33.0 Å². The molecule has 0 fully saturated rings. The maximum atomic E-state index is 12.5. The zero-order chi connectivity index (χ0) is 38.6. The fourth-order valence-electron chi connectivity index (χ4n) is 5.72. The average Bonchev–Trinajstić information content (AvgIpc) is 3.09. The van der Waals surface area contributed by atoms with Crippen molar-refractivity contribution in [2.24, 2.45) is 0 Å². The molecule has 0 heterocycles. The Hall–Kier alpha value is -1.06. The van der Waals surface area contributed by atoms with E-state index < -0.39 is 13.9 Å². The molecule has 0 saturated carbocycles. The highest BCUT2D eigenvalue weighted by Gasteiger charge is 2.19. The first-order valence-electron chi connectivity index (χ1n) is 21.2. The number of likely N-dealkylation sites (N-methyl/N-ethyl adjacent to an activating group) is 1. The van der Waals surface area contributed by atoms with E-state index in [1.807, 2.05) is 39.4 Å². The second-order valence-corrected chi connectivity index (χ2v) is 17.0. The molecule has 9 nitrogen and oxygen atoms in total. The largest absolute Gasteiger partial charge is 0.756 e. The summed E-state index contributed by atoms with van der Waals surface area (Å²) >= 11 is 0. The Morgan fingerprint density at radius 2 is 1.23 bits per heavy atom. The summed E-state index contributed by atoms with van der Waals surface area (Å²) in [5.41, 5.74) is 0. The molecule has 0 saturated heterocycles. The zero-order valence-corrected chi connectivity index (χ0v) is 35.3. The van der Waals surface area contributed by atoms with Gasteiger partial charge in [0.25, 0.3) is 7.82 Å². The van der Waals surface area contributed by atoms with Crippen LogP contribution in [0.5, 0.6) is 0 Å². The highest BCUT2D eigenvalue weighted by atomic mass is 31.2. The number of carbonyl (C=O) groups excluding carboxylic acids is 1. The third-order valence-electron chi connectivity index (χ3n) is 9.15. The fraction of sp³-hybridized carbons (Fsp3) is 0.881. The first-order chi connectivity index (χ1) is 25.0. The van der Waals surface area contributed by atoms with Gasteiger partial charge in [-0.25, -0.2) is 0 Å². The molecule has 10 heteroatoms. The Balaban J connectivity index is 4.30. The predicted molar refractivity (Wildman–Crippen MR) is 214 cm³/mol. The van der Waals surface area contributed by atoms with Crippen LogP contribution in [0.2, 0.25) is 0 Å². The minimum absolute atomic E-state index is 0.0283. The van der Waals surface area contributed by atoms with Gasteiger partial charge in [0.2, 0.25) is 0 Å². The summed E-state index contributed by atoms with van der Waals surface area (Å²) < 4.78 is 34.5. The summed E-state index contributed by atoms with van der Waals surface area (Å²) in [5.74, 6) is -0.285. The number of ether oxygens (including phenoxy) is 2. The second kappa shape index (κ2) is 35.6. The number of aliphatic hydroxyl groups is 1. The number of allylic oxidation sites excluding steroid dienone is 3. The van der Waals surface area contributed by atoms with Crippen LogP contribution in [-0.2, 0) is 27.9 Å². The van der Waals surface area contributed by atoms with Gasteiger partial charge in [0, 0.05) is 13.0 Å². The Morgan fingerprint density at radius 1 is 0.692 bits per heavy atom. The number of carbonyl (C=O) groups is 1. The number of esters is 1. The molecule has 0 aromatic heterocycles. The summed E-state index contributed by atoms with van der Waals surface area (Å²) in [7, 11) is 1.36. The molecule has 52 heavy (non-hydrogen) atoms. The molecule has 2 unspecified atom stereocenters. The zero-order valence-electron chi connectivity index (χ0n) is 34.4. The van der Waals surface area contributed by atoms with Gasteiger partial charge in [-0.15, -0.1) is 0 Å².